The van der Waals surface area contributed by atoms with Gasteiger partial charge in [0, 0.05) is 18.9 Å². The van der Waals surface area contributed by atoms with Crippen molar-refractivity contribution in [1.82, 2.24) is 10.3 Å². The first-order chi connectivity index (χ1) is 6.36. The molecule has 0 bridgehead atoms. The monoisotopic (exact) mass is 178 g/mol. The van der Waals surface area contributed by atoms with Crippen molar-refractivity contribution in [3.8, 4) is 0 Å². The number of hydrogen-bond donors (Lipinski definition) is 1. The quantitative estimate of drug-likeness (QED) is 0.671. The molecule has 13 heavy (non-hydrogen) atoms. The maximum absolute atomic E-state index is 10.8. The largest absolute Gasteiger partial charge is 0.362 e. The van der Waals surface area contributed by atoms with Gasteiger partial charge in [-0.15, -0.1) is 0 Å². The lowest BCUT2D eigenvalue weighted by atomic mass is 10.1. The van der Waals surface area contributed by atoms with Crippen LogP contribution < -0.4 is 5.32 Å². The van der Waals surface area contributed by atoms with Crippen LogP contribution >= 0.6 is 0 Å². The van der Waals surface area contributed by atoms with E-state index in [-0.39, 0.29) is 18.6 Å². The molecular formula is C9H10N2O2. The molecule has 0 radical (unpaired) electrons. The molecule has 0 aliphatic carbocycles. The molecule has 1 atom stereocenters. The predicted molar refractivity (Wildman–Crippen MR) is 45.9 cm³/mol. The van der Waals surface area contributed by atoms with Crippen LogP contribution in [0.4, 0.5) is 0 Å². The van der Waals surface area contributed by atoms with Crippen molar-refractivity contribution < 1.29 is 9.53 Å². The molecule has 2 rings (SSSR count). The first-order valence-corrected chi connectivity index (χ1v) is 4.14. The summed E-state index contributed by atoms with van der Waals surface area (Å²) < 4.78 is 5.34. The van der Waals surface area contributed by atoms with E-state index in [2.05, 4.69) is 10.3 Å². The van der Waals surface area contributed by atoms with Gasteiger partial charge in [-0.05, 0) is 17.7 Å². The van der Waals surface area contributed by atoms with Crippen LogP contribution in [-0.2, 0) is 9.53 Å². The highest BCUT2D eigenvalue weighted by atomic mass is 16.5. The van der Waals surface area contributed by atoms with Crippen molar-refractivity contribution in [2.24, 2.45) is 0 Å². The van der Waals surface area contributed by atoms with E-state index in [4.69, 9.17) is 4.74 Å². The van der Waals surface area contributed by atoms with Crippen LogP contribution in [0.2, 0.25) is 0 Å². The highest BCUT2D eigenvalue weighted by Gasteiger charge is 2.19. The van der Waals surface area contributed by atoms with Crippen LogP contribution in [0.15, 0.2) is 24.5 Å². The fourth-order valence-corrected chi connectivity index (χ4v) is 1.28. The number of pyridine rings is 1. The molecule has 0 unspecified atom stereocenters. The number of amides is 1. The summed E-state index contributed by atoms with van der Waals surface area (Å²) in [4.78, 5) is 14.7. The van der Waals surface area contributed by atoms with Gasteiger partial charge in [0.2, 0.25) is 5.91 Å². The van der Waals surface area contributed by atoms with Crippen LogP contribution in [0.5, 0.6) is 0 Å². The fraction of sp³-hybridized carbons (Fsp3) is 0.333. The minimum absolute atomic E-state index is 0.0271. The van der Waals surface area contributed by atoms with Gasteiger partial charge in [-0.2, -0.15) is 0 Å². The Morgan fingerprint density at radius 3 is 2.85 bits per heavy atom. The minimum Gasteiger partial charge on any atom is -0.362 e. The van der Waals surface area contributed by atoms with Crippen molar-refractivity contribution in [2.45, 2.75) is 6.10 Å². The Morgan fingerprint density at radius 2 is 2.23 bits per heavy atom. The van der Waals surface area contributed by atoms with Crippen LogP contribution in [0, 0.1) is 0 Å². The van der Waals surface area contributed by atoms with Crippen molar-refractivity contribution in [1.29, 1.82) is 0 Å². The molecule has 1 fully saturated rings. The zero-order valence-corrected chi connectivity index (χ0v) is 7.06. The van der Waals surface area contributed by atoms with Gasteiger partial charge in [-0.3, -0.25) is 9.78 Å². The van der Waals surface area contributed by atoms with Crippen LogP contribution in [0.1, 0.15) is 11.7 Å². The Balaban J connectivity index is 2.07. The van der Waals surface area contributed by atoms with Gasteiger partial charge in [0.15, 0.2) is 0 Å². The van der Waals surface area contributed by atoms with E-state index < -0.39 is 0 Å². The normalized spacial score (nSPS) is 22.5. The lowest BCUT2D eigenvalue weighted by Crippen LogP contribution is -2.38. The zero-order chi connectivity index (χ0) is 9.10. The first-order valence-electron chi connectivity index (χ1n) is 4.14. The minimum atomic E-state index is -0.0506. The average Bonchev–Trinajstić information content (AvgIpc) is 2.20. The third kappa shape index (κ3) is 1.84. The molecule has 2 heterocycles. The topological polar surface area (TPSA) is 51.2 Å². The summed E-state index contributed by atoms with van der Waals surface area (Å²) in [6, 6.07) is 3.78. The molecule has 1 N–H and O–H groups in total. The van der Waals surface area contributed by atoms with E-state index in [0.717, 1.165) is 5.56 Å². The second kappa shape index (κ2) is 3.53. The summed E-state index contributed by atoms with van der Waals surface area (Å²) in [5, 5.41) is 2.75. The molecule has 1 aliphatic rings. The van der Waals surface area contributed by atoms with E-state index in [0.29, 0.717) is 6.54 Å². The highest BCUT2D eigenvalue weighted by molar-refractivity contribution is 5.77. The van der Waals surface area contributed by atoms with Gasteiger partial charge in [0.05, 0.1) is 0 Å². The second-order valence-electron chi connectivity index (χ2n) is 2.88. The molecule has 0 aromatic carbocycles. The smallest absolute Gasteiger partial charge is 0.246 e. The molecular weight excluding hydrogens is 168 g/mol. The van der Waals surface area contributed by atoms with Crippen LogP contribution in [0.25, 0.3) is 0 Å². The number of carbonyl (C=O) groups is 1. The number of carbonyl (C=O) groups excluding carboxylic acids is 1. The van der Waals surface area contributed by atoms with Gasteiger partial charge < -0.3 is 10.1 Å². The Labute approximate surface area is 75.9 Å². The standard InChI is InChI=1S/C9H10N2O2/c12-9-6-13-8(5-11-9)7-1-3-10-4-2-7/h1-4,8H,5-6H2,(H,11,12)/t8-/m1/s1. The van der Waals surface area contributed by atoms with E-state index in [1.807, 2.05) is 12.1 Å². The Morgan fingerprint density at radius 1 is 1.46 bits per heavy atom. The Kier molecular flexibility index (Phi) is 2.23. The molecule has 1 aromatic heterocycles. The number of ether oxygens (including phenoxy) is 1. The predicted octanol–water partition coefficient (Wildman–Crippen LogP) is 0.269. The van der Waals surface area contributed by atoms with Gasteiger partial charge in [-0.1, -0.05) is 0 Å². The molecule has 4 nitrogen and oxygen atoms in total. The third-order valence-corrected chi connectivity index (χ3v) is 1.98. The lowest BCUT2D eigenvalue weighted by molar-refractivity contribution is -0.133. The number of hydrogen-bond acceptors (Lipinski definition) is 3. The van der Waals surface area contributed by atoms with Gasteiger partial charge in [0.25, 0.3) is 0 Å². The SMILES string of the molecule is O=C1CO[C@@H](c2ccncc2)CN1. The second-order valence-corrected chi connectivity index (χ2v) is 2.88. The van der Waals surface area contributed by atoms with Crippen molar-refractivity contribution >= 4 is 5.91 Å². The molecule has 1 amide bonds. The van der Waals surface area contributed by atoms with E-state index in [9.17, 15) is 4.79 Å². The Bertz CT molecular complexity index is 290. The van der Waals surface area contributed by atoms with E-state index >= 15 is 0 Å². The molecule has 68 valence electrons. The summed E-state index contributed by atoms with van der Waals surface area (Å²) in [5.74, 6) is -0.0506. The van der Waals surface area contributed by atoms with Crippen LogP contribution in [-0.4, -0.2) is 24.0 Å². The summed E-state index contributed by atoms with van der Waals surface area (Å²) >= 11 is 0. The summed E-state index contributed by atoms with van der Waals surface area (Å²) in [5.41, 5.74) is 1.05. The van der Waals surface area contributed by atoms with E-state index in [1.54, 1.807) is 12.4 Å². The number of rotatable bonds is 1. The highest BCUT2D eigenvalue weighted by Crippen LogP contribution is 2.17. The molecule has 4 heteroatoms. The van der Waals surface area contributed by atoms with Crippen molar-refractivity contribution in [3.63, 3.8) is 0 Å². The van der Waals surface area contributed by atoms with Crippen LogP contribution in [0.3, 0.4) is 0 Å². The summed E-state index contributed by atoms with van der Waals surface area (Å²) in [7, 11) is 0. The number of nitrogens with one attached hydrogen (secondary N) is 1. The molecule has 1 aromatic rings. The number of nitrogens with zero attached hydrogens (tertiary/aromatic N) is 1. The molecule has 0 saturated carbocycles. The number of morpholine rings is 1. The fourth-order valence-electron chi connectivity index (χ4n) is 1.28. The van der Waals surface area contributed by atoms with Gasteiger partial charge >= 0.3 is 0 Å². The maximum Gasteiger partial charge on any atom is 0.246 e. The van der Waals surface area contributed by atoms with Crippen molar-refractivity contribution in [3.05, 3.63) is 30.1 Å². The lowest BCUT2D eigenvalue weighted by Gasteiger charge is -2.23. The van der Waals surface area contributed by atoms with E-state index in [1.165, 1.54) is 0 Å². The average molecular weight is 178 g/mol. The summed E-state index contributed by atoms with van der Waals surface area (Å²) in [6.45, 7) is 0.690. The third-order valence-electron chi connectivity index (χ3n) is 1.98. The molecule has 1 aliphatic heterocycles. The summed E-state index contributed by atoms with van der Waals surface area (Å²) in [6.07, 6.45) is 3.41. The van der Waals surface area contributed by atoms with Gasteiger partial charge in [0.1, 0.15) is 12.7 Å². The number of aromatic nitrogens is 1. The molecule has 1 saturated heterocycles. The van der Waals surface area contributed by atoms with Crippen molar-refractivity contribution in [2.75, 3.05) is 13.2 Å². The van der Waals surface area contributed by atoms with Gasteiger partial charge in [-0.25, -0.2) is 0 Å². The maximum atomic E-state index is 10.8. The zero-order valence-electron chi connectivity index (χ0n) is 7.06. The molecule has 0 spiro atoms. The Hall–Kier alpha value is -1.42. The first kappa shape index (κ1) is 8.19.